The third-order valence-corrected chi connectivity index (χ3v) is 28.8. The zero-order valence-electron chi connectivity index (χ0n) is 73.5. The van der Waals surface area contributed by atoms with Crippen LogP contribution in [0.3, 0.4) is 0 Å². The molecule has 136 heavy (non-hydrogen) atoms. The van der Waals surface area contributed by atoms with Crippen molar-refractivity contribution in [1.29, 1.82) is 0 Å². The molecular formula is C128H76N8. The van der Waals surface area contributed by atoms with E-state index in [2.05, 4.69) is 449 Å². The highest BCUT2D eigenvalue weighted by atomic mass is 15.0. The molecule has 0 saturated heterocycles. The molecule has 30 rings (SSSR count). The predicted octanol–water partition coefficient (Wildman–Crippen LogP) is 33.8. The van der Waals surface area contributed by atoms with Crippen LogP contribution in [0.25, 0.3) is 285 Å². The van der Waals surface area contributed by atoms with Gasteiger partial charge in [-0.3, -0.25) is 0 Å². The van der Waals surface area contributed by atoms with E-state index in [1.807, 2.05) is 30.3 Å². The fraction of sp³-hybridized carbons (Fsp3) is 0. The van der Waals surface area contributed by atoms with Crippen molar-refractivity contribution in [3.63, 3.8) is 0 Å². The fourth-order valence-corrected chi connectivity index (χ4v) is 22.8. The summed E-state index contributed by atoms with van der Waals surface area (Å²) in [4.78, 5) is 21.5. The molecule has 0 bridgehead atoms. The third kappa shape index (κ3) is 11.5. The Hall–Kier alpha value is -18.2. The van der Waals surface area contributed by atoms with E-state index in [1.165, 1.54) is 157 Å². The van der Waals surface area contributed by atoms with Crippen LogP contribution >= 0.6 is 0 Å². The first kappa shape index (κ1) is 75.6. The van der Waals surface area contributed by atoms with Crippen LogP contribution in [0.2, 0.25) is 0 Å². The van der Waals surface area contributed by atoms with Gasteiger partial charge in [-0.15, -0.1) is 0 Å². The van der Waals surface area contributed by atoms with Crippen LogP contribution in [0, 0.1) is 0 Å². The Morgan fingerprint density at radius 1 is 0.147 bits per heavy atom. The van der Waals surface area contributed by atoms with Crippen molar-refractivity contribution in [2.45, 2.75) is 0 Å². The molecule has 24 aromatic carbocycles. The van der Waals surface area contributed by atoms with Gasteiger partial charge < -0.3 is 18.3 Å². The summed E-state index contributed by atoms with van der Waals surface area (Å²) in [5.74, 6) is 0. The molecule has 0 N–H and O–H groups in total. The zero-order chi connectivity index (χ0) is 88.9. The molecule has 0 saturated carbocycles. The summed E-state index contributed by atoms with van der Waals surface area (Å²) in [5, 5.41) is 34.0. The predicted molar refractivity (Wildman–Crippen MR) is 573 cm³/mol. The van der Waals surface area contributed by atoms with E-state index < -0.39 is 0 Å². The Bertz CT molecular complexity index is 10400. The average Bonchev–Trinajstić information content (AvgIpc) is 1.55. The SMILES string of the molecule is c1ccc2cc3c(cc2c1)c1c(-n2c4ccccc4c4ccc5ccccc5c42)cccc1n3-c1ccc2c(-c3nc4ccccc4nc3-c3ccc4c5ccccc5c5ccccc5c4c3)cccc2c1.c1ccc2cc3c(cc2c1)c1c(-n2c4ccccc4c4ccc5ccccc5c42)cccc1n3-c1ccc2cc(-c3nc4ccccc4nc3-c3cccc4ccccc34)ccc2c1. The average molecular weight is 1730 g/mol. The number of rotatable bonds is 8. The van der Waals surface area contributed by atoms with Gasteiger partial charge in [0.1, 0.15) is 0 Å². The van der Waals surface area contributed by atoms with Crippen LogP contribution in [-0.4, -0.2) is 38.2 Å². The molecule has 628 valence electrons. The lowest BCUT2D eigenvalue weighted by atomic mass is 9.92. The standard InChI is InChI=1S/C68H40N4.C60H36N4/c1-2-17-43-40-64-58(38-42(43)16-1)65-62(29-14-30-63(65)72-61-28-12-9-24-54(61)56-35-31-41-15-3-4-19-48(41)68(56)72)71(64)46-33-36-47-44(37-46)18-13-25-55(47)67-66(69-59-26-10-11-27-60(59)70-67)45-32-34-53-51-22-6-5-20-49(51)50-21-7-8-23-52(50)57(53)39-45;1-2-16-40-36-56-50(35-39(40)15-1)57-54(25-12-26-55(57)64-53-24-10-7-20-47(53)49-32-30-38-14-4-6-19-46(38)60(49)64)63(56)44-31-29-41-33-43(28-27-42(41)34-44)58-59(62-52-23-9-8-22-51(52)61-58)48-21-11-17-37-13-3-5-18-45(37)48/h1-40H;1-36H. The monoisotopic (exact) mass is 1720 g/mol. The third-order valence-electron chi connectivity index (χ3n) is 28.8. The van der Waals surface area contributed by atoms with E-state index in [0.717, 1.165) is 128 Å². The van der Waals surface area contributed by atoms with Crippen LogP contribution in [0.15, 0.2) is 461 Å². The minimum atomic E-state index is 0.864. The summed E-state index contributed by atoms with van der Waals surface area (Å²) in [6.45, 7) is 0. The van der Waals surface area contributed by atoms with Gasteiger partial charge in [0.15, 0.2) is 0 Å². The quantitative estimate of drug-likeness (QED) is 0.142. The molecule has 6 heterocycles. The topological polar surface area (TPSA) is 71.3 Å². The molecule has 30 aromatic rings. The molecule has 0 spiro atoms. The fourth-order valence-electron chi connectivity index (χ4n) is 22.8. The minimum absolute atomic E-state index is 0.864. The van der Waals surface area contributed by atoms with Gasteiger partial charge in [0.2, 0.25) is 0 Å². The number of nitrogens with zero attached hydrogens (tertiary/aromatic N) is 8. The summed E-state index contributed by atoms with van der Waals surface area (Å²) < 4.78 is 9.97. The van der Waals surface area contributed by atoms with Gasteiger partial charge in [-0.25, -0.2) is 19.9 Å². The van der Waals surface area contributed by atoms with E-state index >= 15 is 0 Å². The molecule has 0 radical (unpaired) electrons. The van der Waals surface area contributed by atoms with Crippen LogP contribution in [0.4, 0.5) is 0 Å². The maximum atomic E-state index is 5.47. The molecule has 0 aliphatic carbocycles. The molecule has 0 atom stereocenters. The summed E-state index contributed by atoms with van der Waals surface area (Å²) in [7, 11) is 0. The van der Waals surface area contributed by atoms with E-state index in [-0.39, 0.29) is 0 Å². The van der Waals surface area contributed by atoms with Crippen molar-refractivity contribution in [3.05, 3.63) is 461 Å². The normalized spacial score (nSPS) is 12.1. The number of benzene rings is 24. The van der Waals surface area contributed by atoms with Crippen molar-refractivity contribution >= 4 is 217 Å². The maximum Gasteiger partial charge on any atom is 0.0979 e. The molecule has 0 aliphatic heterocycles. The molecule has 0 fully saturated rings. The molecule has 8 nitrogen and oxygen atoms in total. The van der Waals surface area contributed by atoms with Crippen LogP contribution in [-0.2, 0) is 0 Å². The van der Waals surface area contributed by atoms with Gasteiger partial charge in [0.05, 0.1) is 100 Å². The van der Waals surface area contributed by atoms with Gasteiger partial charge in [-0.1, -0.05) is 340 Å². The van der Waals surface area contributed by atoms with Gasteiger partial charge in [0, 0.05) is 87.5 Å². The van der Waals surface area contributed by atoms with Crippen molar-refractivity contribution in [3.8, 4) is 67.8 Å². The Balaban J connectivity index is 0.000000133. The van der Waals surface area contributed by atoms with Crippen LogP contribution in [0.5, 0.6) is 0 Å². The van der Waals surface area contributed by atoms with Crippen molar-refractivity contribution in [1.82, 2.24) is 38.2 Å². The second kappa shape index (κ2) is 29.6. The first-order chi connectivity index (χ1) is 67.4. The molecule has 0 amide bonds. The summed E-state index contributed by atoms with van der Waals surface area (Å²) >= 11 is 0. The van der Waals surface area contributed by atoms with Gasteiger partial charge >= 0.3 is 0 Å². The van der Waals surface area contributed by atoms with Crippen molar-refractivity contribution < 1.29 is 0 Å². The number of fused-ring (bicyclic) bond motifs is 29. The zero-order valence-corrected chi connectivity index (χ0v) is 73.5. The highest BCUT2D eigenvalue weighted by molar-refractivity contribution is 6.28. The van der Waals surface area contributed by atoms with Crippen LogP contribution in [0.1, 0.15) is 0 Å². The second-order valence-electron chi connectivity index (χ2n) is 36.2. The van der Waals surface area contributed by atoms with Gasteiger partial charge in [0.25, 0.3) is 0 Å². The Labute approximate surface area is 778 Å². The number of aromatic nitrogens is 8. The van der Waals surface area contributed by atoms with Gasteiger partial charge in [-0.05, 0) is 218 Å². The Morgan fingerprint density at radius 2 is 0.456 bits per heavy atom. The largest absolute Gasteiger partial charge is 0.309 e. The lowest BCUT2D eigenvalue weighted by molar-refractivity contribution is 1.18. The van der Waals surface area contributed by atoms with E-state index in [4.69, 9.17) is 19.9 Å². The Morgan fingerprint density at radius 3 is 0.963 bits per heavy atom. The van der Waals surface area contributed by atoms with Crippen molar-refractivity contribution in [2.75, 3.05) is 0 Å². The van der Waals surface area contributed by atoms with E-state index in [9.17, 15) is 0 Å². The number of hydrogen-bond acceptors (Lipinski definition) is 4. The Kier molecular flexibility index (Phi) is 16.5. The van der Waals surface area contributed by atoms with E-state index in [0.29, 0.717) is 0 Å². The van der Waals surface area contributed by atoms with Crippen LogP contribution < -0.4 is 0 Å². The first-order valence-corrected chi connectivity index (χ1v) is 46.6. The number of para-hydroxylation sites is 6. The number of hydrogen-bond donors (Lipinski definition) is 0. The lowest BCUT2D eigenvalue weighted by Gasteiger charge is -2.16. The molecule has 8 heteroatoms. The highest BCUT2D eigenvalue weighted by Gasteiger charge is 2.28. The van der Waals surface area contributed by atoms with Crippen molar-refractivity contribution in [2.24, 2.45) is 0 Å². The highest BCUT2D eigenvalue weighted by Crippen LogP contribution is 2.49. The van der Waals surface area contributed by atoms with E-state index in [1.54, 1.807) is 0 Å². The minimum Gasteiger partial charge on any atom is -0.309 e. The molecular weight excluding hydrogens is 1650 g/mol. The molecule has 6 aromatic heterocycles. The summed E-state index contributed by atoms with van der Waals surface area (Å²) in [6, 6.07) is 168. The second-order valence-corrected chi connectivity index (χ2v) is 36.2. The maximum absolute atomic E-state index is 5.47. The molecule has 0 aliphatic rings. The van der Waals surface area contributed by atoms with Gasteiger partial charge in [-0.2, -0.15) is 0 Å². The molecule has 0 unspecified atom stereocenters. The smallest absolute Gasteiger partial charge is 0.0979 e. The first-order valence-electron chi connectivity index (χ1n) is 46.6. The summed E-state index contributed by atoms with van der Waals surface area (Å²) in [6.07, 6.45) is 0. The lowest BCUT2D eigenvalue weighted by Crippen LogP contribution is -1.98. The summed E-state index contributed by atoms with van der Waals surface area (Å²) in [5.41, 5.74) is 25.2.